The summed E-state index contributed by atoms with van der Waals surface area (Å²) in [5.74, 6) is 0.123. The van der Waals surface area contributed by atoms with Gasteiger partial charge in [0.05, 0.1) is 6.04 Å². The second kappa shape index (κ2) is 7.99. The standard InChI is InChI=1S/C17H22N2O3S3/c1-18(25(21,22)17-9-5-13-24-17)10-3-8-16(20)19-11-2-6-14(19)15-7-4-12-23-15/h4-5,7,9,12-14H,2-3,6,8,10-11H2,1H3/t14-/m0/s1. The van der Waals surface area contributed by atoms with Crippen LogP contribution in [0.4, 0.5) is 0 Å². The molecule has 0 bridgehead atoms. The van der Waals surface area contributed by atoms with E-state index >= 15 is 0 Å². The quantitative estimate of drug-likeness (QED) is 0.716. The fourth-order valence-corrected chi connectivity index (χ4v) is 6.41. The Bertz CT molecular complexity index is 785. The van der Waals surface area contributed by atoms with E-state index in [0.29, 0.717) is 23.6 Å². The maximum absolute atomic E-state index is 12.6. The van der Waals surface area contributed by atoms with E-state index in [1.165, 1.54) is 20.5 Å². The average molecular weight is 399 g/mol. The van der Waals surface area contributed by atoms with Crippen LogP contribution in [0.25, 0.3) is 0 Å². The smallest absolute Gasteiger partial charge is 0.252 e. The van der Waals surface area contributed by atoms with E-state index in [4.69, 9.17) is 0 Å². The van der Waals surface area contributed by atoms with Gasteiger partial charge in [-0.15, -0.1) is 22.7 Å². The number of hydrogen-bond acceptors (Lipinski definition) is 5. The molecular weight excluding hydrogens is 376 g/mol. The van der Waals surface area contributed by atoms with Gasteiger partial charge in [-0.25, -0.2) is 12.7 Å². The Morgan fingerprint density at radius 3 is 2.72 bits per heavy atom. The molecule has 0 N–H and O–H groups in total. The molecule has 3 heterocycles. The number of thiophene rings is 2. The van der Waals surface area contributed by atoms with Crippen molar-refractivity contribution in [1.29, 1.82) is 0 Å². The fraction of sp³-hybridized carbons (Fsp3) is 0.471. The molecule has 5 nitrogen and oxygen atoms in total. The van der Waals surface area contributed by atoms with E-state index in [1.807, 2.05) is 16.3 Å². The molecule has 2 aromatic rings. The number of nitrogens with zero attached hydrogens (tertiary/aromatic N) is 2. The summed E-state index contributed by atoms with van der Waals surface area (Å²) >= 11 is 2.91. The van der Waals surface area contributed by atoms with Gasteiger partial charge in [0.2, 0.25) is 5.91 Å². The molecule has 2 aromatic heterocycles. The molecule has 0 aromatic carbocycles. The highest BCUT2D eigenvalue weighted by Crippen LogP contribution is 2.34. The summed E-state index contributed by atoms with van der Waals surface area (Å²) in [6.45, 7) is 1.15. The van der Waals surface area contributed by atoms with Crippen LogP contribution < -0.4 is 0 Å². The molecule has 3 rings (SSSR count). The van der Waals surface area contributed by atoms with Crippen molar-refractivity contribution in [3.8, 4) is 0 Å². The van der Waals surface area contributed by atoms with Crippen LogP contribution in [0.3, 0.4) is 0 Å². The molecule has 1 aliphatic heterocycles. The number of likely N-dealkylation sites (tertiary alicyclic amines) is 1. The number of carbonyl (C=O) groups is 1. The molecule has 0 unspecified atom stereocenters. The van der Waals surface area contributed by atoms with Crippen molar-refractivity contribution in [2.45, 2.75) is 35.9 Å². The molecule has 1 amide bonds. The second-order valence-electron chi connectivity index (χ2n) is 6.12. The van der Waals surface area contributed by atoms with Crippen LogP contribution in [-0.2, 0) is 14.8 Å². The first-order chi connectivity index (χ1) is 12.0. The van der Waals surface area contributed by atoms with Crippen LogP contribution in [0.15, 0.2) is 39.2 Å². The molecule has 25 heavy (non-hydrogen) atoms. The molecule has 136 valence electrons. The third kappa shape index (κ3) is 4.13. The van der Waals surface area contributed by atoms with Crippen molar-refractivity contribution in [3.05, 3.63) is 39.9 Å². The highest BCUT2D eigenvalue weighted by atomic mass is 32.2. The average Bonchev–Trinajstić information content (AvgIpc) is 3.35. The molecule has 1 atom stereocenters. The number of hydrogen-bond donors (Lipinski definition) is 0. The summed E-state index contributed by atoms with van der Waals surface area (Å²) in [6.07, 6.45) is 2.96. The molecule has 1 aliphatic rings. The second-order valence-corrected chi connectivity index (χ2v) is 10.3. The summed E-state index contributed by atoms with van der Waals surface area (Å²) in [4.78, 5) is 15.8. The Morgan fingerprint density at radius 2 is 2.04 bits per heavy atom. The Labute approximate surface area is 156 Å². The van der Waals surface area contributed by atoms with Crippen LogP contribution in [0.1, 0.15) is 36.6 Å². The molecule has 0 spiro atoms. The predicted molar refractivity (Wildman–Crippen MR) is 101 cm³/mol. The van der Waals surface area contributed by atoms with Crippen LogP contribution in [-0.4, -0.2) is 43.7 Å². The van der Waals surface area contributed by atoms with Gasteiger partial charge in [0.15, 0.2) is 0 Å². The Kier molecular flexibility index (Phi) is 5.93. The van der Waals surface area contributed by atoms with E-state index in [1.54, 1.807) is 35.9 Å². The van der Waals surface area contributed by atoms with Gasteiger partial charge in [-0.3, -0.25) is 4.79 Å². The summed E-state index contributed by atoms with van der Waals surface area (Å²) in [5, 5.41) is 3.79. The number of amides is 1. The minimum absolute atomic E-state index is 0.123. The van der Waals surface area contributed by atoms with Gasteiger partial charge in [0, 0.05) is 31.4 Å². The van der Waals surface area contributed by atoms with E-state index in [-0.39, 0.29) is 11.9 Å². The van der Waals surface area contributed by atoms with Crippen LogP contribution in [0, 0.1) is 0 Å². The van der Waals surface area contributed by atoms with Crippen molar-refractivity contribution < 1.29 is 13.2 Å². The SMILES string of the molecule is CN(CCCC(=O)N1CCC[C@H]1c1cccs1)S(=O)(=O)c1cccs1. The van der Waals surface area contributed by atoms with Crippen LogP contribution >= 0.6 is 22.7 Å². The fourth-order valence-electron chi connectivity index (χ4n) is 3.12. The molecule has 1 saturated heterocycles. The largest absolute Gasteiger partial charge is 0.335 e. The lowest BCUT2D eigenvalue weighted by molar-refractivity contribution is -0.132. The Morgan fingerprint density at radius 1 is 1.28 bits per heavy atom. The topological polar surface area (TPSA) is 57.7 Å². The summed E-state index contributed by atoms with van der Waals surface area (Å²) in [6, 6.07) is 7.64. The van der Waals surface area contributed by atoms with Crippen molar-refractivity contribution in [2.24, 2.45) is 0 Å². The van der Waals surface area contributed by atoms with Gasteiger partial charge in [0.1, 0.15) is 4.21 Å². The van der Waals surface area contributed by atoms with Crippen molar-refractivity contribution >= 4 is 38.6 Å². The number of rotatable bonds is 7. The first-order valence-electron chi connectivity index (χ1n) is 8.33. The van der Waals surface area contributed by atoms with Crippen LogP contribution in [0.5, 0.6) is 0 Å². The normalized spacial score (nSPS) is 18.2. The summed E-state index contributed by atoms with van der Waals surface area (Å²) < 4.78 is 26.4. The van der Waals surface area contributed by atoms with Crippen molar-refractivity contribution in [2.75, 3.05) is 20.1 Å². The van der Waals surface area contributed by atoms with Gasteiger partial charge in [-0.1, -0.05) is 12.1 Å². The van der Waals surface area contributed by atoms with Crippen molar-refractivity contribution in [1.82, 2.24) is 9.21 Å². The zero-order chi connectivity index (χ0) is 17.9. The maximum atomic E-state index is 12.6. The van der Waals surface area contributed by atoms with Gasteiger partial charge in [-0.05, 0) is 42.2 Å². The molecule has 8 heteroatoms. The highest BCUT2D eigenvalue weighted by Gasteiger charge is 2.30. The van der Waals surface area contributed by atoms with E-state index in [9.17, 15) is 13.2 Å². The van der Waals surface area contributed by atoms with Crippen molar-refractivity contribution in [3.63, 3.8) is 0 Å². The van der Waals surface area contributed by atoms with Gasteiger partial charge in [0.25, 0.3) is 10.0 Å². The first-order valence-corrected chi connectivity index (χ1v) is 11.5. The van der Waals surface area contributed by atoms with Gasteiger partial charge in [-0.2, -0.15) is 0 Å². The lowest BCUT2D eigenvalue weighted by Gasteiger charge is -2.24. The Hall–Kier alpha value is -1.22. The summed E-state index contributed by atoms with van der Waals surface area (Å²) in [5.41, 5.74) is 0. The predicted octanol–water partition coefficient (Wildman–Crippen LogP) is 3.57. The first kappa shape index (κ1) is 18.6. The van der Waals surface area contributed by atoms with Crippen LogP contribution in [0.2, 0.25) is 0 Å². The lowest BCUT2D eigenvalue weighted by Crippen LogP contribution is -2.32. The Balaban J connectivity index is 1.52. The third-order valence-electron chi connectivity index (χ3n) is 4.47. The van der Waals surface area contributed by atoms with E-state index in [2.05, 4.69) is 6.07 Å². The molecule has 0 saturated carbocycles. The molecule has 0 radical (unpaired) electrons. The molecule has 1 fully saturated rings. The number of sulfonamides is 1. The van der Waals surface area contributed by atoms with E-state index < -0.39 is 10.0 Å². The zero-order valence-corrected chi connectivity index (χ0v) is 16.6. The monoisotopic (exact) mass is 398 g/mol. The molecular formula is C17H22N2O3S3. The molecule has 0 aliphatic carbocycles. The number of carbonyl (C=O) groups excluding carboxylic acids is 1. The minimum Gasteiger partial charge on any atom is -0.335 e. The summed E-state index contributed by atoms with van der Waals surface area (Å²) in [7, 11) is -1.86. The van der Waals surface area contributed by atoms with Gasteiger partial charge >= 0.3 is 0 Å². The zero-order valence-electron chi connectivity index (χ0n) is 14.1. The highest BCUT2D eigenvalue weighted by molar-refractivity contribution is 7.91. The minimum atomic E-state index is -3.43. The van der Waals surface area contributed by atoms with E-state index in [0.717, 1.165) is 19.4 Å². The maximum Gasteiger partial charge on any atom is 0.252 e. The third-order valence-corrected chi connectivity index (χ3v) is 8.67. The lowest BCUT2D eigenvalue weighted by atomic mass is 10.1. The van der Waals surface area contributed by atoms with Gasteiger partial charge < -0.3 is 4.90 Å².